The van der Waals surface area contributed by atoms with E-state index in [9.17, 15) is 0 Å². The van der Waals surface area contributed by atoms with Crippen molar-refractivity contribution in [2.45, 2.75) is 39.2 Å². The Morgan fingerprint density at radius 3 is 2.71 bits per heavy atom. The van der Waals surface area contributed by atoms with Gasteiger partial charge in [0.25, 0.3) is 0 Å². The molecule has 0 spiro atoms. The summed E-state index contributed by atoms with van der Waals surface area (Å²) in [4.78, 5) is 7.35. The number of benzene rings is 1. The average molecular weight is 496 g/mol. The van der Waals surface area contributed by atoms with Crippen LogP contribution in [0.5, 0.6) is 0 Å². The van der Waals surface area contributed by atoms with Gasteiger partial charge in [0.05, 0.1) is 12.2 Å². The Kier molecular flexibility index (Phi) is 9.77. The first-order valence-electron chi connectivity index (χ1n) is 10.1. The molecular weight excluding hydrogens is 463 g/mol. The molecule has 2 aromatic rings. The molecule has 1 aromatic carbocycles. The van der Waals surface area contributed by atoms with Crippen LogP contribution in [-0.2, 0) is 6.42 Å². The summed E-state index contributed by atoms with van der Waals surface area (Å²) in [5.74, 6) is 0.925. The molecule has 1 atom stereocenters. The molecule has 1 fully saturated rings. The lowest BCUT2D eigenvalue weighted by atomic mass is 10.1. The van der Waals surface area contributed by atoms with Gasteiger partial charge in [0.2, 0.25) is 0 Å². The third-order valence-corrected chi connectivity index (χ3v) is 5.12. The smallest absolute Gasteiger partial charge is 0.191 e. The second-order valence-corrected chi connectivity index (χ2v) is 6.94. The van der Waals surface area contributed by atoms with Crippen LogP contribution in [-0.4, -0.2) is 59.4 Å². The molecule has 6 nitrogen and oxygen atoms in total. The number of hydrogen-bond acceptors (Lipinski definition) is 3. The van der Waals surface area contributed by atoms with Crippen molar-refractivity contribution >= 4 is 29.9 Å². The monoisotopic (exact) mass is 496 g/mol. The lowest BCUT2D eigenvalue weighted by Gasteiger charge is -2.21. The topological polar surface area (TPSA) is 57.5 Å². The van der Waals surface area contributed by atoms with Gasteiger partial charge in [-0.15, -0.1) is 24.0 Å². The summed E-state index contributed by atoms with van der Waals surface area (Å²) in [5.41, 5.74) is 2.39. The van der Waals surface area contributed by atoms with E-state index in [0.717, 1.165) is 44.2 Å². The second-order valence-electron chi connectivity index (χ2n) is 6.94. The van der Waals surface area contributed by atoms with Gasteiger partial charge in [-0.05, 0) is 63.0 Å². The van der Waals surface area contributed by atoms with Gasteiger partial charge in [0, 0.05) is 31.5 Å². The van der Waals surface area contributed by atoms with Gasteiger partial charge in [-0.2, -0.15) is 5.10 Å². The van der Waals surface area contributed by atoms with Crippen LogP contribution >= 0.6 is 24.0 Å². The lowest BCUT2D eigenvalue weighted by molar-refractivity contribution is 0.273. The van der Waals surface area contributed by atoms with Crippen molar-refractivity contribution in [3.8, 4) is 5.69 Å². The molecule has 1 unspecified atom stereocenters. The summed E-state index contributed by atoms with van der Waals surface area (Å²) in [6.45, 7) is 9.32. The van der Waals surface area contributed by atoms with Crippen molar-refractivity contribution in [1.82, 2.24) is 25.3 Å². The third kappa shape index (κ3) is 6.48. The standard InChI is InChI=1S/C21H32N6.HI/c1-3-22-21(24-17-20-7-5-15-26(20)4-2)23-14-12-18-8-10-19(11-9-18)27-16-6-13-25-27;/h6,8-11,13,16,20H,3-5,7,12,14-15,17H2,1-2H3,(H2,22,23,24);1H. The second kappa shape index (κ2) is 12.1. The van der Waals surface area contributed by atoms with Crippen LogP contribution in [0.4, 0.5) is 0 Å². The van der Waals surface area contributed by atoms with Crippen LogP contribution in [0.15, 0.2) is 47.7 Å². The molecule has 0 bridgehead atoms. The number of aliphatic imine (C=N–C) groups is 1. The maximum atomic E-state index is 4.81. The van der Waals surface area contributed by atoms with E-state index >= 15 is 0 Å². The van der Waals surface area contributed by atoms with Gasteiger partial charge in [-0.3, -0.25) is 9.89 Å². The number of halogens is 1. The average Bonchev–Trinajstić information content (AvgIpc) is 3.38. The number of guanidine groups is 1. The van der Waals surface area contributed by atoms with E-state index in [1.54, 1.807) is 6.20 Å². The van der Waals surface area contributed by atoms with Gasteiger partial charge < -0.3 is 10.6 Å². The van der Waals surface area contributed by atoms with Crippen molar-refractivity contribution in [2.75, 3.05) is 32.7 Å². The Morgan fingerprint density at radius 2 is 2.04 bits per heavy atom. The van der Waals surface area contributed by atoms with Crippen LogP contribution in [0.2, 0.25) is 0 Å². The zero-order valence-corrected chi connectivity index (χ0v) is 19.3. The first kappa shape index (κ1) is 22.7. The highest BCUT2D eigenvalue weighted by atomic mass is 127. The number of likely N-dealkylation sites (tertiary alicyclic amines) is 1. The SMILES string of the molecule is CCNC(=NCC1CCCN1CC)NCCc1ccc(-n2cccn2)cc1.I. The van der Waals surface area contributed by atoms with E-state index in [4.69, 9.17) is 4.99 Å². The van der Waals surface area contributed by atoms with Crippen LogP contribution in [0, 0.1) is 0 Å². The third-order valence-electron chi connectivity index (χ3n) is 5.12. The number of aromatic nitrogens is 2. The minimum Gasteiger partial charge on any atom is -0.357 e. The summed E-state index contributed by atoms with van der Waals surface area (Å²) in [5, 5.41) is 11.1. The molecular formula is C21H33IN6. The van der Waals surface area contributed by atoms with Crippen LogP contribution in [0.25, 0.3) is 5.69 Å². The molecule has 2 N–H and O–H groups in total. The summed E-state index contributed by atoms with van der Waals surface area (Å²) in [7, 11) is 0. The van der Waals surface area contributed by atoms with Crippen molar-refractivity contribution in [2.24, 2.45) is 4.99 Å². The number of likely N-dealkylation sites (N-methyl/N-ethyl adjacent to an activating group) is 1. The van der Waals surface area contributed by atoms with Crippen LogP contribution < -0.4 is 10.6 Å². The first-order chi connectivity index (χ1) is 13.3. The normalized spacial score (nSPS) is 17.4. The quantitative estimate of drug-likeness (QED) is 0.335. The van der Waals surface area contributed by atoms with Crippen molar-refractivity contribution in [1.29, 1.82) is 0 Å². The summed E-state index contributed by atoms with van der Waals surface area (Å²) in [6.07, 6.45) is 7.28. The van der Waals surface area contributed by atoms with Gasteiger partial charge in [-0.1, -0.05) is 19.1 Å². The molecule has 0 amide bonds. The number of hydrogen-bond donors (Lipinski definition) is 2. The lowest BCUT2D eigenvalue weighted by Crippen LogP contribution is -2.40. The maximum absolute atomic E-state index is 4.81. The molecule has 1 aliphatic rings. The fraction of sp³-hybridized carbons (Fsp3) is 0.524. The van der Waals surface area contributed by atoms with Gasteiger partial charge >= 0.3 is 0 Å². The van der Waals surface area contributed by atoms with Crippen molar-refractivity contribution in [3.05, 3.63) is 48.3 Å². The van der Waals surface area contributed by atoms with Crippen molar-refractivity contribution in [3.63, 3.8) is 0 Å². The largest absolute Gasteiger partial charge is 0.357 e. The Bertz CT molecular complexity index is 698. The molecule has 154 valence electrons. The Hall–Kier alpha value is -1.61. The van der Waals surface area contributed by atoms with E-state index in [0.29, 0.717) is 6.04 Å². The number of nitrogens with zero attached hydrogens (tertiary/aromatic N) is 4. The van der Waals surface area contributed by atoms with E-state index < -0.39 is 0 Å². The van der Waals surface area contributed by atoms with Crippen LogP contribution in [0.1, 0.15) is 32.3 Å². The highest BCUT2D eigenvalue weighted by Gasteiger charge is 2.22. The van der Waals surface area contributed by atoms with E-state index in [-0.39, 0.29) is 24.0 Å². The van der Waals surface area contributed by atoms with Crippen molar-refractivity contribution < 1.29 is 0 Å². The van der Waals surface area contributed by atoms with E-state index in [1.807, 2.05) is 16.9 Å². The molecule has 1 aromatic heterocycles. The zero-order chi connectivity index (χ0) is 18.9. The molecule has 7 heteroatoms. The molecule has 28 heavy (non-hydrogen) atoms. The zero-order valence-electron chi connectivity index (χ0n) is 17.0. The molecule has 2 heterocycles. The number of nitrogens with one attached hydrogen (secondary N) is 2. The molecule has 0 saturated carbocycles. The fourth-order valence-electron chi connectivity index (χ4n) is 3.62. The van der Waals surface area contributed by atoms with Gasteiger partial charge in [0.1, 0.15) is 0 Å². The highest BCUT2D eigenvalue weighted by molar-refractivity contribution is 14.0. The minimum atomic E-state index is 0. The van der Waals surface area contributed by atoms with Crippen LogP contribution in [0.3, 0.4) is 0 Å². The Morgan fingerprint density at radius 1 is 1.21 bits per heavy atom. The van der Waals surface area contributed by atoms with E-state index in [2.05, 4.69) is 58.7 Å². The van der Waals surface area contributed by atoms with Gasteiger partial charge in [-0.25, -0.2) is 4.68 Å². The minimum absolute atomic E-state index is 0. The molecule has 0 radical (unpaired) electrons. The molecule has 3 rings (SSSR count). The summed E-state index contributed by atoms with van der Waals surface area (Å²) in [6, 6.07) is 11.1. The summed E-state index contributed by atoms with van der Waals surface area (Å²) >= 11 is 0. The fourth-order valence-corrected chi connectivity index (χ4v) is 3.62. The predicted octanol–water partition coefficient (Wildman–Crippen LogP) is 3.07. The number of rotatable bonds is 8. The Balaban J connectivity index is 0.00000280. The summed E-state index contributed by atoms with van der Waals surface area (Å²) < 4.78 is 1.88. The highest BCUT2D eigenvalue weighted by Crippen LogP contribution is 2.16. The maximum Gasteiger partial charge on any atom is 0.191 e. The molecule has 1 aliphatic heterocycles. The molecule has 1 saturated heterocycles. The Labute approximate surface area is 185 Å². The molecule has 0 aliphatic carbocycles. The predicted molar refractivity (Wildman–Crippen MR) is 127 cm³/mol. The first-order valence-corrected chi connectivity index (χ1v) is 10.1. The van der Waals surface area contributed by atoms with E-state index in [1.165, 1.54) is 24.9 Å². The van der Waals surface area contributed by atoms with Gasteiger partial charge in [0.15, 0.2) is 5.96 Å².